The van der Waals surface area contributed by atoms with Crippen molar-refractivity contribution in [2.24, 2.45) is 11.8 Å². The van der Waals surface area contributed by atoms with Crippen molar-refractivity contribution in [2.75, 3.05) is 19.8 Å². The molecule has 2 N–H and O–H groups in total. The van der Waals surface area contributed by atoms with Crippen LogP contribution in [0.2, 0.25) is 0 Å². The number of esters is 1. The summed E-state index contributed by atoms with van der Waals surface area (Å²) in [5.74, 6) is -1.23. The van der Waals surface area contributed by atoms with Crippen molar-refractivity contribution in [1.82, 2.24) is 10.2 Å². The largest absolute Gasteiger partial charge is 0.463 e. The smallest absolute Gasteiger partial charge is 0.309 e. The van der Waals surface area contributed by atoms with Crippen LogP contribution in [0.15, 0.2) is 72.8 Å². The highest BCUT2D eigenvalue weighted by Crippen LogP contribution is 2.25. The summed E-state index contributed by atoms with van der Waals surface area (Å²) < 4.78 is 5.82. The van der Waals surface area contributed by atoms with E-state index < -0.39 is 12.0 Å². The zero-order chi connectivity index (χ0) is 28.2. The van der Waals surface area contributed by atoms with E-state index in [9.17, 15) is 19.5 Å². The summed E-state index contributed by atoms with van der Waals surface area (Å²) in [5, 5.41) is 12.8. The van der Waals surface area contributed by atoms with Crippen LogP contribution < -0.4 is 5.32 Å². The Labute approximate surface area is 237 Å². The lowest BCUT2D eigenvalue weighted by Crippen LogP contribution is -2.45. The van der Waals surface area contributed by atoms with Crippen molar-refractivity contribution in [2.45, 2.75) is 69.9 Å². The third kappa shape index (κ3) is 8.78. The molecular formula is C33H42N2O5. The Morgan fingerprint density at radius 2 is 1.68 bits per heavy atom. The Morgan fingerprint density at radius 1 is 0.950 bits per heavy atom. The fourth-order valence-corrected chi connectivity index (χ4v) is 5.73. The van der Waals surface area contributed by atoms with E-state index in [1.807, 2.05) is 71.6 Å². The standard InChI is InChI=1S/C33H42N2O5/c36-23-29(21-26-14-7-4-8-15-26)34-31(37)22-27-16-9-1-2-10-17-28(20-25-12-5-3-6-13-25)33(39)40-24-30-18-11-19-35(30)32(27)38/h1,3-9,12-15,27-30,36H,2,10-11,16-24H2,(H,34,37). The number of ether oxygens (including phenoxy) is 1. The van der Waals surface area contributed by atoms with Crippen LogP contribution >= 0.6 is 0 Å². The molecule has 4 rings (SSSR count). The molecule has 2 aromatic carbocycles. The van der Waals surface area contributed by atoms with Crippen LogP contribution in [-0.2, 0) is 32.0 Å². The highest BCUT2D eigenvalue weighted by atomic mass is 16.5. The molecule has 4 unspecified atom stereocenters. The van der Waals surface area contributed by atoms with E-state index in [4.69, 9.17) is 4.74 Å². The van der Waals surface area contributed by atoms with E-state index in [0.717, 1.165) is 43.2 Å². The maximum atomic E-state index is 13.7. The molecule has 2 aliphatic rings. The molecule has 1 saturated heterocycles. The molecule has 0 aliphatic carbocycles. The van der Waals surface area contributed by atoms with Gasteiger partial charge in [0.05, 0.1) is 30.5 Å². The van der Waals surface area contributed by atoms with Crippen LogP contribution in [0.25, 0.3) is 0 Å². The van der Waals surface area contributed by atoms with Crippen LogP contribution in [0.4, 0.5) is 0 Å². The van der Waals surface area contributed by atoms with Gasteiger partial charge >= 0.3 is 5.97 Å². The molecule has 0 saturated carbocycles. The third-order valence-corrected chi connectivity index (χ3v) is 7.94. The highest BCUT2D eigenvalue weighted by Gasteiger charge is 2.35. The maximum Gasteiger partial charge on any atom is 0.309 e. The number of carbonyl (C=O) groups excluding carboxylic acids is 3. The zero-order valence-corrected chi connectivity index (χ0v) is 23.3. The summed E-state index contributed by atoms with van der Waals surface area (Å²) in [4.78, 5) is 41.6. The van der Waals surface area contributed by atoms with E-state index in [2.05, 4.69) is 11.4 Å². The van der Waals surface area contributed by atoms with Crippen molar-refractivity contribution in [3.05, 3.63) is 83.9 Å². The van der Waals surface area contributed by atoms with E-state index in [-0.39, 0.29) is 49.4 Å². The zero-order valence-electron chi connectivity index (χ0n) is 23.3. The minimum Gasteiger partial charge on any atom is -0.463 e. The lowest BCUT2D eigenvalue weighted by atomic mass is 9.93. The van der Waals surface area contributed by atoms with E-state index >= 15 is 0 Å². The number of nitrogens with zero attached hydrogens (tertiary/aromatic N) is 1. The van der Waals surface area contributed by atoms with Gasteiger partial charge in [-0.15, -0.1) is 0 Å². The molecule has 2 amide bonds. The summed E-state index contributed by atoms with van der Waals surface area (Å²) in [7, 11) is 0. The molecule has 0 radical (unpaired) electrons. The molecule has 0 aromatic heterocycles. The first-order valence-electron chi connectivity index (χ1n) is 14.6. The van der Waals surface area contributed by atoms with Crippen molar-refractivity contribution < 1.29 is 24.2 Å². The number of rotatable bonds is 8. The second kappa shape index (κ2) is 15.4. The summed E-state index contributed by atoms with van der Waals surface area (Å²) in [6.07, 6.45) is 9.76. The van der Waals surface area contributed by atoms with Gasteiger partial charge in [-0.1, -0.05) is 72.8 Å². The number of fused-ring (bicyclic) bond motifs is 1. The van der Waals surface area contributed by atoms with Gasteiger partial charge in [0.2, 0.25) is 11.8 Å². The highest BCUT2D eigenvalue weighted by molar-refractivity contribution is 5.86. The lowest BCUT2D eigenvalue weighted by Gasteiger charge is -2.29. The number of hydrogen-bond donors (Lipinski definition) is 2. The molecule has 1 fully saturated rings. The normalized spacial score (nSPS) is 23.1. The quantitative estimate of drug-likeness (QED) is 0.382. The Balaban J connectivity index is 1.41. The average Bonchev–Trinajstić information content (AvgIpc) is 3.45. The summed E-state index contributed by atoms with van der Waals surface area (Å²) in [6.45, 7) is 0.613. The number of amides is 2. The monoisotopic (exact) mass is 546 g/mol. The van der Waals surface area contributed by atoms with Gasteiger partial charge in [-0.05, 0) is 62.5 Å². The second-order valence-electron chi connectivity index (χ2n) is 11.0. The van der Waals surface area contributed by atoms with Gasteiger partial charge in [0.25, 0.3) is 0 Å². The molecule has 7 heteroatoms. The SMILES string of the molecule is O=C(CC1CC=CCCCC(Cc2ccccc2)C(=O)OCC2CCCN2C1=O)NC(CO)Cc1ccccc1. The number of aliphatic hydroxyl groups excluding tert-OH is 1. The van der Waals surface area contributed by atoms with Gasteiger partial charge in [0.1, 0.15) is 6.61 Å². The van der Waals surface area contributed by atoms with Gasteiger partial charge in [0.15, 0.2) is 0 Å². The van der Waals surface area contributed by atoms with Crippen LogP contribution in [0, 0.1) is 11.8 Å². The number of benzene rings is 2. The van der Waals surface area contributed by atoms with Crippen LogP contribution in [0.5, 0.6) is 0 Å². The third-order valence-electron chi connectivity index (χ3n) is 7.94. The minimum absolute atomic E-state index is 0.0522. The number of carbonyl (C=O) groups is 3. The van der Waals surface area contributed by atoms with Crippen molar-refractivity contribution in [3.63, 3.8) is 0 Å². The first-order valence-corrected chi connectivity index (χ1v) is 14.6. The van der Waals surface area contributed by atoms with Crippen molar-refractivity contribution in [1.29, 1.82) is 0 Å². The Bertz CT molecular complexity index is 1120. The molecule has 4 atom stereocenters. The molecule has 2 aromatic rings. The van der Waals surface area contributed by atoms with Gasteiger partial charge in [-0.3, -0.25) is 14.4 Å². The Kier molecular flexibility index (Phi) is 11.3. The molecular weight excluding hydrogens is 504 g/mol. The average molecular weight is 547 g/mol. The molecule has 214 valence electrons. The Hall–Kier alpha value is -3.45. The van der Waals surface area contributed by atoms with E-state index in [1.165, 1.54) is 0 Å². The number of nitrogens with one attached hydrogen (secondary N) is 1. The predicted octanol–water partition coefficient (Wildman–Crippen LogP) is 4.24. The fourth-order valence-electron chi connectivity index (χ4n) is 5.73. The first kappa shape index (κ1) is 29.5. The Morgan fingerprint density at radius 3 is 2.40 bits per heavy atom. The summed E-state index contributed by atoms with van der Waals surface area (Å²) in [5.41, 5.74) is 2.14. The maximum absolute atomic E-state index is 13.7. The van der Waals surface area contributed by atoms with Crippen LogP contribution in [0.1, 0.15) is 56.1 Å². The molecule has 2 aliphatic heterocycles. The molecule has 2 heterocycles. The minimum atomic E-state index is -0.502. The summed E-state index contributed by atoms with van der Waals surface area (Å²) >= 11 is 0. The fraction of sp³-hybridized carbons (Fsp3) is 0.485. The summed E-state index contributed by atoms with van der Waals surface area (Å²) in [6, 6.07) is 19.1. The number of aliphatic hydroxyl groups is 1. The molecule has 0 bridgehead atoms. The van der Waals surface area contributed by atoms with Crippen LogP contribution in [-0.4, -0.2) is 59.6 Å². The predicted molar refractivity (Wildman–Crippen MR) is 154 cm³/mol. The molecule has 7 nitrogen and oxygen atoms in total. The van der Waals surface area contributed by atoms with Gasteiger partial charge < -0.3 is 20.1 Å². The lowest BCUT2D eigenvalue weighted by molar-refractivity contribution is -0.152. The number of allylic oxidation sites excluding steroid dienone is 2. The van der Waals surface area contributed by atoms with Gasteiger partial charge in [-0.2, -0.15) is 0 Å². The molecule has 0 spiro atoms. The van der Waals surface area contributed by atoms with E-state index in [0.29, 0.717) is 25.8 Å². The van der Waals surface area contributed by atoms with E-state index in [1.54, 1.807) is 0 Å². The number of cyclic esters (lactones) is 1. The first-order chi connectivity index (χ1) is 19.5. The topological polar surface area (TPSA) is 95.9 Å². The second-order valence-corrected chi connectivity index (χ2v) is 11.0. The molecule has 40 heavy (non-hydrogen) atoms. The number of hydrogen-bond acceptors (Lipinski definition) is 5. The van der Waals surface area contributed by atoms with Crippen molar-refractivity contribution in [3.8, 4) is 0 Å². The van der Waals surface area contributed by atoms with Crippen LogP contribution in [0.3, 0.4) is 0 Å². The van der Waals surface area contributed by atoms with Gasteiger partial charge in [0, 0.05) is 13.0 Å². The van der Waals surface area contributed by atoms with Gasteiger partial charge in [-0.25, -0.2) is 0 Å². The van der Waals surface area contributed by atoms with Crippen molar-refractivity contribution >= 4 is 17.8 Å².